The Balaban J connectivity index is 1.02. The molecular weight excluding hydrogens is 781 g/mol. The van der Waals surface area contributed by atoms with Gasteiger partial charge in [-0.05, 0) is 60.2 Å². The molecule has 13 rings (SSSR count). The Morgan fingerprint density at radius 2 is 0.906 bits per heavy atom. The molecule has 0 aliphatic rings. The van der Waals surface area contributed by atoms with Gasteiger partial charge in [-0.15, -0.1) is 0 Å². The van der Waals surface area contributed by atoms with Gasteiger partial charge in [-0.2, -0.15) is 0 Å². The molecule has 5 heteroatoms. The molecule has 5 nitrogen and oxygen atoms in total. The van der Waals surface area contributed by atoms with E-state index in [1.807, 2.05) is 24.3 Å². The van der Waals surface area contributed by atoms with Crippen LogP contribution < -0.4 is 0 Å². The van der Waals surface area contributed by atoms with E-state index in [1.54, 1.807) is 0 Å². The molecule has 4 aromatic heterocycles. The fourth-order valence-corrected chi connectivity index (χ4v) is 9.72. The number of nitrogens with zero attached hydrogens (tertiary/aromatic N) is 4. The molecule has 0 radical (unpaired) electrons. The highest BCUT2D eigenvalue weighted by Gasteiger charge is 2.22. The van der Waals surface area contributed by atoms with Crippen molar-refractivity contribution in [3.8, 4) is 62.0 Å². The zero-order valence-electron chi connectivity index (χ0n) is 34.5. The van der Waals surface area contributed by atoms with Crippen molar-refractivity contribution in [3.63, 3.8) is 0 Å². The summed E-state index contributed by atoms with van der Waals surface area (Å²) in [5.74, 6) is 0.662. The predicted octanol–water partition coefficient (Wildman–Crippen LogP) is 15.5. The molecule has 0 saturated carbocycles. The van der Waals surface area contributed by atoms with Crippen LogP contribution in [0.5, 0.6) is 0 Å². The van der Waals surface area contributed by atoms with Crippen LogP contribution in [0, 0.1) is 0 Å². The number of para-hydroxylation sites is 4. The Hall–Kier alpha value is -8.67. The summed E-state index contributed by atoms with van der Waals surface area (Å²) >= 11 is 0. The second-order valence-electron chi connectivity index (χ2n) is 16.3. The van der Waals surface area contributed by atoms with Crippen molar-refractivity contribution in [1.82, 2.24) is 19.5 Å². The SMILES string of the molecule is c1ccc(-c2nc(-c3cccc(-c4nc5ccccc5c5c(-c6ccccc6)c6c(cc45)oc4ccccc46)c3)cc(-c3cccc(-n4c5ccccc5c5ccccc54)c3)n2)cc1. The van der Waals surface area contributed by atoms with Gasteiger partial charge in [-0.1, -0.05) is 164 Å². The lowest BCUT2D eigenvalue weighted by Gasteiger charge is -2.16. The predicted molar refractivity (Wildman–Crippen MR) is 264 cm³/mol. The van der Waals surface area contributed by atoms with Crippen LogP contribution in [0.1, 0.15) is 0 Å². The van der Waals surface area contributed by atoms with Crippen molar-refractivity contribution in [2.24, 2.45) is 0 Å². The van der Waals surface area contributed by atoms with Crippen LogP contribution in [-0.4, -0.2) is 19.5 Å². The van der Waals surface area contributed by atoms with E-state index < -0.39 is 0 Å². The van der Waals surface area contributed by atoms with E-state index in [9.17, 15) is 0 Å². The van der Waals surface area contributed by atoms with Gasteiger partial charge in [-0.25, -0.2) is 15.0 Å². The maximum Gasteiger partial charge on any atom is 0.160 e. The van der Waals surface area contributed by atoms with Crippen molar-refractivity contribution in [3.05, 3.63) is 218 Å². The number of aromatic nitrogens is 4. The van der Waals surface area contributed by atoms with Crippen molar-refractivity contribution < 1.29 is 4.42 Å². The summed E-state index contributed by atoms with van der Waals surface area (Å²) in [6.45, 7) is 0. The zero-order chi connectivity index (χ0) is 42.1. The smallest absolute Gasteiger partial charge is 0.160 e. The fourth-order valence-electron chi connectivity index (χ4n) is 9.72. The van der Waals surface area contributed by atoms with Crippen LogP contribution in [0.2, 0.25) is 0 Å². The highest BCUT2D eigenvalue weighted by Crippen LogP contribution is 2.46. The van der Waals surface area contributed by atoms with Gasteiger partial charge in [0.15, 0.2) is 5.82 Å². The van der Waals surface area contributed by atoms with Gasteiger partial charge in [0.2, 0.25) is 0 Å². The van der Waals surface area contributed by atoms with E-state index in [2.05, 4.69) is 199 Å². The van der Waals surface area contributed by atoms with E-state index in [4.69, 9.17) is 19.4 Å². The number of hydrogen-bond acceptors (Lipinski definition) is 4. The molecule has 13 aromatic rings. The first-order chi connectivity index (χ1) is 31.7. The summed E-state index contributed by atoms with van der Waals surface area (Å²) in [5.41, 5.74) is 14.7. The maximum atomic E-state index is 6.66. The van der Waals surface area contributed by atoms with Crippen LogP contribution in [-0.2, 0) is 0 Å². The Labute approximate surface area is 368 Å². The van der Waals surface area contributed by atoms with E-state index >= 15 is 0 Å². The molecule has 0 fully saturated rings. The number of furan rings is 1. The van der Waals surface area contributed by atoms with Crippen molar-refractivity contribution in [2.45, 2.75) is 0 Å². The summed E-state index contributed by atoms with van der Waals surface area (Å²) in [7, 11) is 0. The Kier molecular flexibility index (Phi) is 8.15. The zero-order valence-corrected chi connectivity index (χ0v) is 34.5. The minimum absolute atomic E-state index is 0.662. The summed E-state index contributed by atoms with van der Waals surface area (Å²) < 4.78 is 9.01. The van der Waals surface area contributed by atoms with Crippen LogP contribution in [0.25, 0.3) is 127 Å². The molecule has 0 atom stereocenters. The summed E-state index contributed by atoms with van der Waals surface area (Å²) in [5, 5.41) is 7.93. The second-order valence-corrected chi connectivity index (χ2v) is 16.3. The molecule has 0 unspecified atom stereocenters. The molecule has 0 spiro atoms. The van der Waals surface area contributed by atoms with Crippen LogP contribution in [0.4, 0.5) is 0 Å². The molecule has 0 aliphatic heterocycles. The fraction of sp³-hybridized carbons (Fsp3) is 0. The molecule has 298 valence electrons. The molecule has 0 bridgehead atoms. The van der Waals surface area contributed by atoms with Gasteiger partial charge in [0.25, 0.3) is 0 Å². The van der Waals surface area contributed by atoms with Crippen molar-refractivity contribution in [1.29, 1.82) is 0 Å². The first-order valence-corrected chi connectivity index (χ1v) is 21.6. The average molecular weight is 817 g/mol. The van der Waals surface area contributed by atoms with Gasteiger partial charge in [0.1, 0.15) is 11.2 Å². The number of rotatable bonds is 6. The molecule has 4 heterocycles. The molecule has 0 aliphatic carbocycles. The minimum Gasteiger partial charge on any atom is -0.456 e. The van der Waals surface area contributed by atoms with Gasteiger partial charge in [0.05, 0.1) is 33.6 Å². The van der Waals surface area contributed by atoms with Gasteiger partial charge in [0, 0.05) is 71.2 Å². The van der Waals surface area contributed by atoms with Crippen LogP contribution in [0.3, 0.4) is 0 Å². The monoisotopic (exact) mass is 816 g/mol. The van der Waals surface area contributed by atoms with Crippen LogP contribution >= 0.6 is 0 Å². The Morgan fingerprint density at radius 3 is 1.64 bits per heavy atom. The van der Waals surface area contributed by atoms with Crippen molar-refractivity contribution in [2.75, 3.05) is 0 Å². The van der Waals surface area contributed by atoms with E-state index in [0.29, 0.717) is 5.82 Å². The Morgan fingerprint density at radius 1 is 0.344 bits per heavy atom. The molecule has 0 saturated heterocycles. The first kappa shape index (κ1) is 36.0. The lowest BCUT2D eigenvalue weighted by atomic mass is 9.89. The van der Waals surface area contributed by atoms with E-state index in [1.165, 1.54) is 10.8 Å². The quantitative estimate of drug-likeness (QED) is 0.157. The highest BCUT2D eigenvalue weighted by molar-refractivity contribution is 6.27. The largest absolute Gasteiger partial charge is 0.456 e. The molecular formula is C59H36N4O. The molecule has 64 heavy (non-hydrogen) atoms. The minimum atomic E-state index is 0.662. The number of fused-ring (bicyclic) bond motifs is 9. The molecule has 9 aromatic carbocycles. The molecule has 0 amide bonds. The standard InChI is InChI=1S/C59H36N4O/c1-3-17-37(18-4-1)55-56-45-27-7-11-29-48(45)60-58(47(56)35-54-57(55)46-28-10-14-32-53(46)64-54)41-23-15-21-39(33-41)49-36-50(62-59(61-49)38-19-5-2-6-20-38)40-22-16-24-42(34-40)63-51-30-12-8-25-43(51)44-26-9-13-31-52(44)63/h1-36H. The highest BCUT2D eigenvalue weighted by atomic mass is 16.3. The topological polar surface area (TPSA) is 56.7 Å². The third-order valence-electron chi connectivity index (χ3n) is 12.6. The third kappa shape index (κ3) is 5.75. The van der Waals surface area contributed by atoms with E-state index in [-0.39, 0.29) is 0 Å². The van der Waals surface area contributed by atoms with Gasteiger partial charge in [-0.3, -0.25) is 0 Å². The second kappa shape index (κ2) is 14.5. The van der Waals surface area contributed by atoms with E-state index in [0.717, 1.165) is 111 Å². The third-order valence-corrected chi connectivity index (χ3v) is 12.6. The summed E-state index contributed by atoms with van der Waals surface area (Å²) in [6, 6.07) is 76.6. The summed E-state index contributed by atoms with van der Waals surface area (Å²) in [4.78, 5) is 15.9. The molecule has 0 N–H and O–H groups in total. The number of hydrogen-bond donors (Lipinski definition) is 0. The number of benzene rings is 9. The number of pyridine rings is 1. The lowest BCUT2D eigenvalue weighted by Crippen LogP contribution is -1.98. The maximum absolute atomic E-state index is 6.66. The normalized spacial score (nSPS) is 11.8. The summed E-state index contributed by atoms with van der Waals surface area (Å²) in [6.07, 6.45) is 0. The van der Waals surface area contributed by atoms with Gasteiger partial charge >= 0.3 is 0 Å². The average Bonchev–Trinajstić information content (AvgIpc) is 3.91. The first-order valence-electron chi connectivity index (χ1n) is 21.6. The van der Waals surface area contributed by atoms with Crippen LogP contribution in [0.15, 0.2) is 223 Å². The Bertz CT molecular complexity index is 3910. The lowest BCUT2D eigenvalue weighted by molar-refractivity contribution is 0.669. The van der Waals surface area contributed by atoms with Gasteiger partial charge < -0.3 is 8.98 Å². The van der Waals surface area contributed by atoms with Crippen molar-refractivity contribution >= 4 is 65.4 Å².